The zero-order chi connectivity index (χ0) is 16.6. The van der Waals surface area contributed by atoms with Crippen molar-refractivity contribution in [3.05, 3.63) is 27.6 Å². The average Bonchev–Trinajstić information content (AvgIpc) is 3.07. The number of hydrogen-bond acceptors (Lipinski definition) is 7. The van der Waals surface area contributed by atoms with Crippen LogP contribution in [0.4, 0.5) is 4.79 Å². The van der Waals surface area contributed by atoms with Crippen molar-refractivity contribution in [1.82, 2.24) is 4.90 Å². The number of carbonyl (C=O) groups excluding carboxylic acids is 3. The molecule has 2 aliphatic heterocycles. The van der Waals surface area contributed by atoms with Crippen LogP contribution in [-0.2, 0) is 14.3 Å². The fraction of sp³-hybridized carbons (Fsp3) is 0.214. The second kappa shape index (κ2) is 6.13. The molecule has 1 saturated heterocycles. The van der Waals surface area contributed by atoms with Crippen LogP contribution in [0.25, 0.3) is 6.08 Å². The average molecular weight is 356 g/mol. The van der Waals surface area contributed by atoms with Crippen molar-refractivity contribution in [3.8, 4) is 11.5 Å². The van der Waals surface area contributed by atoms with E-state index < -0.39 is 23.7 Å². The quantitative estimate of drug-likeness (QED) is 0.607. The number of halogens is 1. The number of carbonyl (C=O) groups is 3. The minimum absolute atomic E-state index is 0.102. The number of esters is 1. The van der Waals surface area contributed by atoms with Gasteiger partial charge in [-0.25, -0.2) is 0 Å². The molecule has 23 heavy (non-hydrogen) atoms. The Morgan fingerprint density at radius 2 is 2.09 bits per heavy atom. The second-order valence-corrected chi connectivity index (χ2v) is 5.97. The Kier molecular flexibility index (Phi) is 4.18. The molecule has 0 unspecified atom stereocenters. The van der Waals surface area contributed by atoms with Crippen LogP contribution < -0.4 is 9.47 Å². The zero-order valence-corrected chi connectivity index (χ0v) is 13.4. The molecular weight excluding hydrogens is 346 g/mol. The molecule has 3 rings (SSSR count). The van der Waals surface area contributed by atoms with Gasteiger partial charge in [-0.15, -0.1) is 0 Å². The fourth-order valence-corrected chi connectivity index (χ4v) is 3.05. The summed E-state index contributed by atoms with van der Waals surface area (Å²) >= 11 is 6.87. The number of thioether (sulfide) groups is 1. The number of amides is 2. The SMILES string of the molecule is COC(=O)CN1C(=O)SC(=Cc2cc3c(cc2Cl)OCO3)C1=O. The summed E-state index contributed by atoms with van der Waals surface area (Å²) in [7, 11) is 1.18. The zero-order valence-electron chi connectivity index (χ0n) is 11.8. The highest BCUT2D eigenvalue weighted by molar-refractivity contribution is 8.18. The van der Waals surface area contributed by atoms with E-state index in [4.69, 9.17) is 21.1 Å². The van der Waals surface area contributed by atoms with Crippen LogP contribution in [-0.4, -0.2) is 42.5 Å². The van der Waals surface area contributed by atoms with Gasteiger partial charge >= 0.3 is 5.97 Å². The summed E-state index contributed by atoms with van der Waals surface area (Å²) in [4.78, 5) is 36.3. The number of ether oxygens (including phenoxy) is 3. The molecule has 0 spiro atoms. The van der Waals surface area contributed by atoms with E-state index in [2.05, 4.69) is 4.74 Å². The largest absolute Gasteiger partial charge is 0.468 e. The van der Waals surface area contributed by atoms with Crippen LogP contribution in [0.15, 0.2) is 17.0 Å². The van der Waals surface area contributed by atoms with E-state index in [1.54, 1.807) is 12.1 Å². The van der Waals surface area contributed by atoms with Crippen molar-refractivity contribution in [2.45, 2.75) is 0 Å². The number of rotatable bonds is 3. The molecule has 0 radical (unpaired) electrons. The van der Waals surface area contributed by atoms with Crippen LogP contribution >= 0.6 is 23.4 Å². The molecule has 0 bridgehead atoms. The van der Waals surface area contributed by atoms with E-state index in [-0.39, 0.29) is 11.7 Å². The first-order valence-electron chi connectivity index (χ1n) is 6.41. The van der Waals surface area contributed by atoms with E-state index in [1.165, 1.54) is 13.2 Å². The molecule has 1 aromatic carbocycles. The summed E-state index contributed by atoms with van der Waals surface area (Å²) in [6, 6.07) is 3.20. The molecule has 0 aromatic heterocycles. The highest BCUT2D eigenvalue weighted by atomic mass is 35.5. The first-order chi connectivity index (χ1) is 11.0. The third kappa shape index (κ3) is 2.99. The summed E-state index contributed by atoms with van der Waals surface area (Å²) < 4.78 is 14.9. The number of methoxy groups -OCH3 is 1. The number of imide groups is 1. The van der Waals surface area contributed by atoms with Gasteiger partial charge in [-0.3, -0.25) is 19.3 Å². The van der Waals surface area contributed by atoms with Crippen molar-refractivity contribution in [2.24, 2.45) is 0 Å². The van der Waals surface area contributed by atoms with Gasteiger partial charge in [-0.1, -0.05) is 11.6 Å². The maximum absolute atomic E-state index is 12.2. The van der Waals surface area contributed by atoms with Gasteiger partial charge in [0.25, 0.3) is 11.1 Å². The van der Waals surface area contributed by atoms with Gasteiger partial charge < -0.3 is 14.2 Å². The molecule has 2 aliphatic rings. The summed E-state index contributed by atoms with van der Waals surface area (Å²) in [6.45, 7) is -0.321. The van der Waals surface area contributed by atoms with E-state index in [0.29, 0.717) is 22.1 Å². The molecule has 2 amide bonds. The van der Waals surface area contributed by atoms with Crippen molar-refractivity contribution < 1.29 is 28.6 Å². The van der Waals surface area contributed by atoms with Gasteiger partial charge in [0.05, 0.1) is 17.0 Å². The number of fused-ring (bicyclic) bond motifs is 1. The van der Waals surface area contributed by atoms with Crippen molar-refractivity contribution >= 4 is 46.6 Å². The third-order valence-electron chi connectivity index (χ3n) is 3.17. The topological polar surface area (TPSA) is 82.1 Å². The first kappa shape index (κ1) is 15.7. The van der Waals surface area contributed by atoms with Gasteiger partial charge in [0.2, 0.25) is 6.79 Å². The lowest BCUT2D eigenvalue weighted by molar-refractivity contribution is -0.143. The normalized spacial score (nSPS) is 18.0. The second-order valence-electron chi connectivity index (χ2n) is 4.57. The first-order valence-corrected chi connectivity index (χ1v) is 7.60. The Labute approximate surface area is 140 Å². The van der Waals surface area contributed by atoms with Gasteiger partial charge in [0.15, 0.2) is 11.5 Å². The fourth-order valence-electron chi connectivity index (χ4n) is 2.01. The van der Waals surface area contributed by atoms with Crippen LogP contribution in [0.1, 0.15) is 5.56 Å². The molecule has 1 aromatic rings. The highest BCUT2D eigenvalue weighted by Crippen LogP contribution is 2.39. The minimum atomic E-state index is -0.672. The summed E-state index contributed by atoms with van der Waals surface area (Å²) in [6.07, 6.45) is 1.48. The molecule has 120 valence electrons. The van der Waals surface area contributed by atoms with Gasteiger partial charge in [-0.2, -0.15) is 0 Å². The lowest BCUT2D eigenvalue weighted by atomic mass is 10.2. The number of benzene rings is 1. The molecule has 0 aliphatic carbocycles. The maximum Gasteiger partial charge on any atom is 0.325 e. The Morgan fingerprint density at radius 1 is 1.39 bits per heavy atom. The molecule has 0 atom stereocenters. The van der Waals surface area contributed by atoms with E-state index in [0.717, 1.165) is 16.7 Å². The summed E-state index contributed by atoms with van der Waals surface area (Å²) in [5.41, 5.74) is 0.513. The predicted molar refractivity (Wildman–Crippen MR) is 82.3 cm³/mol. The molecule has 7 nitrogen and oxygen atoms in total. The minimum Gasteiger partial charge on any atom is -0.468 e. The molecule has 0 saturated carbocycles. The molecule has 1 fully saturated rings. The Morgan fingerprint density at radius 3 is 2.78 bits per heavy atom. The lowest BCUT2D eigenvalue weighted by Crippen LogP contribution is -2.34. The number of nitrogens with zero attached hydrogens (tertiary/aromatic N) is 1. The van der Waals surface area contributed by atoms with Crippen molar-refractivity contribution in [1.29, 1.82) is 0 Å². The van der Waals surface area contributed by atoms with Crippen LogP contribution in [0, 0.1) is 0 Å². The maximum atomic E-state index is 12.2. The van der Waals surface area contributed by atoms with Crippen molar-refractivity contribution in [2.75, 3.05) is 20.4 Å². The standard InChI is InChI=1S/C14H10ClNO6S/c1-20-12(17)5-16-13(18)11(23-14(16)19)3-7-2-9-10(4-8(7)15)22-6-21-9/h2-4H,5-6H2,1H3. The van der Waals surface area contributed by atoms with E-state index in [9.17, 15) is 14.4 Å². The predicted octanol–water partition coefficient (Wildman–Crippen LogP) is 2.28. The third-order valence-corrected chi connectivity index (χ3v) is 4.40. The smallest absolute Gasteiger partial charge is 0.325 e. The highest BCUT2D eigenvalue weighted by Gasteiger charge is 2.36. The Bertz CT molecular complexity index is 747. The van der Waals surface area contributed by atoms with Crippen LogP contribution in [0.5, 0.6) is 11.5 Å². The van der Waals surface area contributed by atoms with Gasteiger partial charge in [0.1, 0.15) is 6.54 Å². The van der Waals surface area contributed by atoms with Crippen LogP contribution in [0.2, 0.25) is 5.02 Å². The lowest BCUT2D eigenvalue weighted by Gasteiger charge is -2.09. The summed E-state index contributed by atoms with van der Waals surface area (Å²) in [5.74, 6) is -0.214. The van der Waals surface area contributed by atoms with Crippen LogP contribution in [0.3, 0.4) is 0 Å². The Hall–Kier alpha value is -2.19. The number of hydrogen-bond donors (Lipinski definition) is 0. The summed E-state index contributed by atoms with van der Waals surface area (Å²) in [5, 5.41) is -0.183. The Balaban J connectivity index is 1.88. The molecule has 0 N–H and O–H groups in total. The van der Waals surface area contributed by atoms with Gasteiger partial charge in [-0.05, 0) is 29.5 Å². The van der Waals surface area contributed by atoms with Crippen molar-refractivity contribution in [3.63, 3.8) is 0 Å². The molecule has 9 heteroatoms. The van der Waals surface area contributed by atoms with Gasteiger partial charge in [0, 0.05) is 6.07 Å². The molecule has 2 heterocycles. The monoisotopic (exact) mass is 355 g/mol. The van der Waals surface area contributed by atoms with E-state index in [1.807, 2.05) is 0 Å². The van der Waals surface area contributed by atoms with E-state index >= 15 is 0 Å². The molecular formula is C14H10ClNO6S.